The number of unbranched alkanes of at least 4 members (excludes halogenated alkanes) is 1. The van der Waals surface area contributed by atoms with Crippen LogP contribution in [-0.4, -0.2) is 17.5 Å². The van der Waals surface area contributed by atoms with E-state index in [4.69, 9.17) is 23.2 Å². The summed E-state index contributed by atoms with van der Waals surface area (Å²) < 4.78 is 0. The zero-order chi connectivity index (χ0) is 23.1. The van der Waals surface area contributed by atoms with E-state index < -0.39 is 0 Å². The topological polar surface area (TPSA) is 23.6 Å². The van der Waals surface area contributed by atoms with E-state index in [0.717, 1.165) is 29.5 Å². The molecule has 0 heterocycles. The lowest BCUT2D eigenvalue weighted by Crippen LogP contribution is -2.43. The van der Waals surface area contributed by atoms with Crippen LogP contribution in [-0.2, 0) is 13.1 Å². The van der Waals surface area contributed by atoms with Crippen molar-refractivity contribution < 1.29 is 4.79 Å². The van der Waals surface area contributed by atoms with Crippen LogP contribution >= 0.6 is 23.2 Å². The Morgan fingerprint density at radius 3 is 2.31 bits per heavy atom. The third kappa shape index (κ3) is 6.27. The first-order chi connectivity index (χ1) is 15.4. The molecule has 0 N–H and O–H groups in total. The van der Waals surface area contributed by atoms with Gasteiger partial charge in [0.15, 0.2) is 0 Å². The fourth-order valence-corrected chi connectivity index (χ4v) is 4.23. The maximum absolute atomic E-state index is 13.9. The molecule has 0 bridgehead atoms. The Bertz CT molecular complexity index is 1050. The Labute approximate surface area is 201 Å². The molecular formula is C27H30Cl2N2O. The number of anilines is 1. The number of amides is 2. The molecule has 0 spiro atoms. The lowest BCUT2D eigenvalue weighted by Gasteiger charge is -2.32. The molecule has 168 valence electrons. The SMILES string of the molecule is CCCCN(Cc1ccccc1)C(=O)N(Cc1ccc(C)cc1C)c1ccc(Cl)cc1Cl. The average molecular weight is 469 g/mol. The first-order valence-corrected chi connectivity index (χ1v) is 11.8. The van der Waals surface area contributed by atoms with E-state index in [-0.39, 0.29) is 6.03 Å². The van der Waals surface area contributed by atoms with Gasteiger partial charge in [0.25, 0.3) is 0 Å². The van der Waals surface area contributed by atoms with Crippen LogP contribution in [0.2, 0.25) is 10.0 Å². The van der Waals surface area contributed by atoms with Crippen molar-refractivity contribution in [2.24, 2.45) is 0 Å². The summed E-state index contributed by atoms with van der Waals surface area (Å²) >= 11 is 12.7. The summed E-state index contributed by atoms with van der Waals surface area (Å²) in [6.45, 7) is 7.95. The average Bonchev–Trinajstić information content (AvgIpc) is 2.77. The number of hydrogen-bond acceptors (Lipinski definition) is 1. The third-order valence-corrected chi connectivity index (χ3v) is 6.06. The summed E-state index contributed by atoms with van der Waals surface area (Å²) in [7, 11) is 0. The van der Waals surface area contributed by atoms with Gasteiger partial charge in [-0.15, -0.1) is 0 Å². The molecule has 0 unspecified atom stereocenters. The molecule has 0 atom stereocenters. The van der Waals surface area contributed by atoms with E-state index in [1.54, 1.807) is 17.0 Å². The molecule has 0 saturated heterocycles. The second-order valence-electron chi connectivity index (χ2n) is 8.16. The van der Waals surface area contributed by atoms with Gasteiger partial charge in [-0.25, -0.2) is 4.79 Å². The van der Waals surface area contributed by atoms with E-state index in [2.05, 4.69) is 51.1 Å². The quantitative estimate of drug-likeness (QED) is 0.328. The lowest BCUT2D eigenvalue weighted by molar-refractivity contribution is 0.200. The summed E-state index contributed by atoms with van der Waals surface area (Å²) in [5.74, 6) is 0. The molecule has 5 heteroatoms. The predicted molar refractivity (Wildman–Crippen MR) is 136 cm³/mol. The second-order valence-corrected chi connectivity index (χ2v) is 9.00. The van der Waals surface area contributed by atoms with Crippen molar-refractivity contribution in [2.45, 2.75) is 46.7 Å². The Balaban J connectivity index is 1.99. The Morgan fingerprint density at radius 1 is 0.906 bits per heavy atom. The summed E-state index contributed by atoms with van der Waals surface area (Å²) in [4.78, 5) is 17.6. The molecule has 0 aliphatic heterocycles. The minimum absolute atomic E-state index is 0.0634. The molecular weight excluding hydrogens is 439 g/mol. The summed E-state index contributed by atoms with van der Waals surface area (Å²) in [5.41, 5.74) is 5.20. The molecule has 3 rings (SSSR count). The van der Waals surface area contributed by atoms with Gasteiger partial charge in [-0.3, -0.25) is 4.90 Å². The molecule has 0 aromatic heterocycles. The predicted octanol–water partition coefficient (Wildman–Crippen LogP) is 8.04. The van der Waals surface area contributed by atoms with Gasteiger partial charge in [0.2, 0.25) is 0 Å². The molecule has 0 saturated carbocycles. The van der Waals surface area contributed by atoms with Crippen LogP contribution < -0.4 is 4.90 Å². The molecule has 0 aliphatic carbocycles. The maximum atomic E-state index is 13.9. The van der Waals surface area contributed by atoms with Gasteiger partial charge in [-0.1, -0.05) is 90.6 Å². The van der Waals surface area contributed by atoms with Crippen LogP contribution in [0.1, 0.15) is 42.0 Å². The number of hydrogen-bond donors (Lipinski definition) is 0. The Morgan fingerprint density at radius 2 is 1.66 bits per heavy atom. The highest BCUT2D eigenvalue weighted by atomic mass is 35.5. The van der Waals surface area contributed by atoms with Gasteiger partial charge < -0.3 is 4.90 Å². The van der Waals surface area contributed by atoms with Crippen molar-refractivity contribution in [1.82, 2.24) is 4.90 Å². The number of nitrogens with zero attached hydrogens (tertiary/aromatic N) is 2. The number of urea groups is 1. The standard InChI is InChI=1S/C27H30Cl2N2O/c1-4-5-15-30(18-22-9-7-6-8-10-22)27(32)31(26-14-13-24(28)17-25(26)29)19-23-12-11-20(2)16-21(23)3/h6-14,16-17H,4-5,15,18-19H2,1-3H3. The van der Waals surface area contributed by atoms with Gasteiger partial charge in [-0.05, 0) is 55.2 Å². The van der Waals surface area contributed by atoms with Crippen molar-refractivity contribution in [3.8, 4) is 0 Å². The van der Waals surface area contributed by atoms with Gasteiger partial charge >= 0.3 is 6.03 Å². The number of aryl methyl sites for hydroxylation is 2. The Kier molecular flexibility index (Phi) is 8.60. The van der Waals surface area contributed by atoms with Crippen LogP contribution in [0.3, 0.4) is 0 Å². The number of benzene rings is 3. The fraction of sp³-hybridized carbons (Fsp3) is 0.296. The molecule has 0 radical (unpaired) electrons. The number of carbonyl (C=O) groups is 1. The summed E-state index contributed by atoms with van der Waals surface area (Å²) in [6, 6.07) is 21.6. The molecule has 3 aromatic rings. The van der Waals surface area contributed by atoms with Gasteiger partial charge in [0.05, 0.1) is 17.3 Å². The molecule has 0 aliphatic rings. The van der Waals surface area contributed by atoms with Crippen LogP contribution in [0.25, 0.3) is 0 Å². The monoisotopic (exact) mass is 468 g/mol. The van der Waals surface area contributed by atoms with Crippen LogP contribution in [0.4, 0.5) is 10.5 Å². The van der Waals surface area contributed by atoms with Crippen LogP contribution in [0, 0.1) is 13.8 Å². The highest BCUT2D eigenvalue weighted by Gasteiger charge is 2.25. The molecule has 32 heavy (non-hydrogen) atoms. The van der Waals surface area contributed by atoms with E-state index in [1.807, 2.05) is 29.2 Å². The minimum atomic E-state index is -0.0634. The number of halogens is 2. The van der Waals surface area contributed by atoms with Crippen molar-refractivity contribution in [2.75, 3.05) is 11.4 Å². The van der Waals surface area contributed by atoms with Crippen molar-refractivity contribution in [1.29, 1.82) is 0 Å². The van der Waals surface area contributed by atoms with E-state index in [0.29, 0.717) is 35.4 Å². The number of carbonyl (C=O) groups excluding carboxylic acids is 1. The van der Waals surface area contributed by atoms with Crippen molar-refractivity contribution in [3.63, 3.8) is 0 Å². The van der Waals surface area contributed by atoms with E-state index in [9.17, 15) is 4.79 Å². The summed E-state index contributed by atoms with van der Waals surface area (Å²) in [5, 5.41) is 1.01. The number of rotatable bonds is 8. The van der Waals surface area contributed by atoms with E-state index >= 15 is 0 Å². The molecule has 2 amide bonds. The van der Waals surface area contributed by atoms with Gasteiger partial charge in [0, 0.05) is 18.1 Å². The zero-order valence-electron chi connectivity index (χ0n) is 18.9. The van der Waals surface area contributed by atoms with Crippen LogP contribution in [0.15, 0.2) is 66.7 Å². The summed E-state index contributed by atoms with van der Waals surface area (Å²) in [6.07, 6.45) is 1.95. The van der Waals surface area contributed by atoms with Crippen molar-refractivity contribution >= 4 is 34.9 Å². The highest BCUT2D eigenvalue weighted by molar-refractivity contribution is 6.36. The minimum Gasteiger partial charge on any atom is -0.320 e. The third-order valence-electron chi connectivity index (χ3n) is 5.53. The van der Waals surface area contributed by atoms with Crippen LogP contribution in [0.5, 0.6) is 0 Å². The first-order valence-electron chi connectivity index (χ1n) is 11.0. The molecule has 3 aromatic carbocycles. The molecule has 3 nitrogen and oxygen atoms in total. The largest absolute Gasteiger partial charge is 0.325 e. The van der Waals surface area contributed by atoms with E-state index in [1.165, 1.54) is 5.56 Å². The Hall–Kier alpha value is -2.49. The van der Waals surface area contributed by atoms with Gasteiger partial charge in [-0.2, -0.15) is 0 Å². The second kappa shape index (κ2) is 11.4. The molecule has 0 fully saturated rings. The highest BCUT2D eigenvalue weighted by Crippen LogP contribution is 2.31. The van der Waals surface area contributed by atoms with Crippen molar-refractivity contribution in [3.05, 3.63) is 99.0 Å². The fourth-order valence-electron chi connectivity index (χ4n) is 3.72. The smallest absolute Gasteiger partial charge is 0.320 e. The first kappa shape index (κ1) is 24.2. The zero-order valence-corrected chi connectivity index (χ0v) is 20.5. The lowest BCUT2D eigenvalue weighted by atomic mass is 10.0. The van der Waals surface area contributed by atoms with Gasteiger partial charge in [0.1, 0.15) is 0 Å². The maximum Gasteiger partial charge on any atom is 0.325 e. The normalized spacial score (nSPS) is 10.8.